The fourth-order valence-corrected chi connectivity index (χ4v) is 2.80. The van der Waals surface area contributed by atoms with Crippen LogP contribution in [0, 0.1) is 0 Å². The average Bonchev–Trinajstić information content (AvgIpc) is 2.92. The summed E-state index contributed by atoms with van der Waals surface area (Å²) in [4.78, 5) is 27.8. The maximum atomic E-state index is 12.0. The summed E-state index contributed by atoms with van der Waals surface area (Å²) in [5.41, 5.74) is 0. The lowest BCUT2D eigenvalue weighted by Crippen LogP contribution is -2.45. The highest BCUT2D eigenvalue weighted by molar-refractivity contribution is 7.12. The smallest absolute Gasteiger partial charge is 0.264 e. The van der Waals surface area contributed by atoms with E-state index in [1.807, 2.05) is 11.4 Å². The van der Waals surface area contributed by atoms with Crippen molar-refractivity contribution in [2.24, 2.45) is 0 Å². The number of hydrogen-bond donors (Lipinski definition) is 1. The molecular formula is C13H18N2O3S. The first-order valence-electron chi connectivity index (χ1n) is 6.32. The minimum absolute atomic E-state index is 0.0562. The van der Waals surface area contributed by atoms with Crippen LogP contribution in [0.3, 0.4) is 0 Å². The average molecular weight is 282 g/mol. The zero-order chi connectivity index (χ0) is 13.8. The van der Waals surface area contributed by atoms with Crippen molar-refractivity contribution in [3.05, 3.63) is 22.4 Å². The summed E-state index contributed by atoms with van der Waals surface area (Å²) in [7, 11) is 1.64. The number of hydrogen-bond acceptors (Lipinski definition) is 4. The van der Waals surface area contributed by atoms with Crippen molar-refractivity contribution in [2.75, 3.05) is 26.7 Å². The molecule has 0 aliphatic carbocycles. The largest absolute Gasteiger partial charge is 0.393 e. The Morgan fingerprint density at radius 2 is 2.16 bits per heavy atom. The Morgan fingerprint density at radius 1 is 1.47 bits per heavy atom. The van der Waals surface area contributed by atoms with Crippen LogP contribution in [0.4, 0.5) is 0 Å². The lowest BCUT2D eigenvalue weighted by Gasteiger charge is -2.30. The van der Waals surface area contributed by atoms with Crippen LogP contribution in [0.5, 0.6) is 0 Å². The number of likely N-dealkylation sites (N-methyl/N-ethyl adjacent to an activating group) is 1. The molecule has 1 aliphatic rings. The molecule has 0 unspecified atom stereocenters. The molecule has 1 aliphatic heterocycles. The van der Waals surface area contributed by atoms with Crippen LogP contribution in [0.2, 0.25) is 0 Å². The van der Waals surface area contributed by atoms with Crippen molar-refractivity contribution in [1.82, 2.24) is 9.80 Å². The van der Waals surface area contributed by atoms with Crippen molar-refractivity contribution < 1.29 is 14.7 Å². The van der Waals surface area contributed by atoms with Crippen molar-refractivity contribution in [1.29, 1.82) is 0 Å². The van der Waals surface area contributed by atoms with E-state index in [-0.39, 0.29) is 24.5 Å². The van der Waals surface area contributed by atoms with E-state index in [4.69, 9.17) is 0 Å². The number of aliphatic hydroxyl groups excluding tert-OH is 1. The van der Waals surface area contributed by atoms with Gasteiger partial charge >= 0.3 is 0 Å². The molecule has 0 spiro atoms. The first kappa shape index (κ1) is 14.0. The van der Waals surface area contributed by atoms with Gasteiger partial charge in [0.25, 0.3) is 5.91 Å². The minimum atomic E-state index is -0.297. The molecule has 1 aromatic heterocycles. The van der Waals surface area contributed by atoms with Gasteiger partial charge in [-0.15, -0.1) is 11.3 Å². The standard InChI is InChI=1S/C13H18N2O3S/c1-14(13(18)11-3-2-8-19-11)9-12(17)15-6-4-10(16)5-7-15/h2-3,8,10,16H,4-7,9H2,1H3. The molecule has 0 bridgehead atoms. The molecule has 1 N–H and O–H groups in total. The van der Waals surface area contributed by atoms with E-state index < -0.39 is 0 Å². The van der Waals surface area contributed by atoms with Crippen LogP contribution in [0.25, 0.3) is 0 Å². The summed E-state index contributed by atoms with van der Waals surface area (Å²) in [6.45, 7) is 1.23. The first-order valence-corrected chi connectivity index (χ1v) is 7.20. The maximum Gasteiger partial charge on any atom is 0.264 e. The predicted octanol–water partition coefficient (Wildman–Crippen LogP) is 0.803. The molecule has 1 fully saturated rings. The number of carbonyl (C=O) groups excluding carboxylic acids is 2. The molecule has 1 aromatic rings. The van der Waals surface area contributed by atoms with Crippen LogP contribution in [-0.4, -0.2) is 59.5 Å². The van der Waals surface area contributed by atoms with Crippen LogP contribution >= 0.6 is 11.3 Å². The number of rotatable bonds is 3. The van der Waals surface area contributed by atoms with Gasteiger partial charge in [0.05, 0.1) is 17.5 Å². The van der Waals surface area contributed by atoms with Crippen LogP contribution in [0.15, 0.2) is 17.5 Å². The Morgan fingerprint density at radius 3 is 2.74 bits per heavy atom. The first-order chi connectivity index (χ1) is 9.08. The summed E-state index contributed by atoms with van der Waals surface area (Å²) in [6, 6.07) is 3.57. The number of aliphatic hydroxyl groups is 1. The molecule has 2 amide bonds. The monoisotopic (exact) mass is 282 g/mol. The second kappa shape index (κ2) is 6.16. The van der Waals surface area contributed by atoms with Crippen molar-refractivity contribution in [3.63, 3.8) is 0 Å². The number of piperidine rings is 1. The van der Waals surface area contributed by atoms with Gasteiger partial charge in [0.2, 0.25) is 5.91 Å². The van der Waals surface area contributed by atoms with Gasteiger partial charge in [0.1, 0.15) is 0 Å². The Kier molecular flexibility index (Phi) is 4.55. The minimum Gasteiger partial charge on any atom is -0.393 e. The fraction of sp³-hybridized carbons (Fsp3) is 0.538. The summed E-state index contributed by atoms with van der Waals surface area (Å²) in [5.74, 6) is -0.181. The van der Waals surface area contributed by atoms with E-state index >= 15 is 0 Å². The van der Waals surface area contributed by atoms with Crippen LogP contribution in [-0.2, 0) is 4.79 Å². The normalized spacial score (nSPS) is 16.4. The van der Waals surface area contributed by atoms with Gasteiger partial charge in [0, 0.05) is 20.1 Å². The highest BCUT2D eigenvalue weighted by Gasteiger charge is 2.23. The third kappa shape index (κ3) is 3.54. The molecular weight excluding hydrogens is 264 g/mol. The van der Waals surface area contributed by atoms with E-state index in [1.165, 1.54) is 16.2 Å². The molecule has 19 heavy (non-hydrogen) atoms. The molecule has 0 aromatic carbocycles. The van der Waals surface area contributed by atoms with Gasteiger partial charge in [-0.3, -0.25) is 9.59 Å². The van der Waals surface area contributed by atoms with Gasteiger partial charge in [-0.05, 0) is 24.3 Å². The predicted molar refractivity (Wildman–Crippen MR) is 73.1 cm³/mol. The number of nitrogens with zero attached hydrogens (tertiary/aromatic N) is 2. The number of thiophene rings is 1. The zero-order valence-electron chi connectivity index (χ0n) is 10.9. The second-order valence-electron chi connectivity index (χ2n) is 4.75. The molecule has 2 heterocycles. The van der Waals surface area contributed by atoms with Crippen LogP contribution < -0.4 is 0 Å². The SMILES string of the molecule is CN(CC(=O)N1CCC(O)CC1)C(=O)c1cccs1. The van der Waals surface area contributed by atoms with E-state index in [9.17, 15) is 14.7 Å². The molecule has 0 radical (unpaired) electrons. The van der Waals surface area contributed by atoms with Gasteiger partial charge < -0.3 is 14.9 Å². The Balaban J connectivity index is 1.86. The molecule has 6 heteroatoms. The zero-order valence-corrected chi connectivity index (χ0v) is 11.7. The molecule has 1 saturated heterocycles. The topological polar surface area (TPSA) is 60.9 Å². The molecule has 0 saturated carbocycles. The lowest BCUT2D eigenvalue weighted by atomic mass is 10.1. The number of amides is 2. The Bertz CT molecular complexity index is 439. The molecule has 5 nitrogen and oxygen atoms in total. The molecule has 0 atom stereocenters. The van der Waals surface area contributed by atoms with Gasteiger partial charge in [-0.25, -0.2) is 0 Å². The quantitative estimate of drug-likeness (QED) is 0.892. The third-order valence-electron chi connectivity index (χ3n) is 3.27. The van der Waals surface area contributed by atoms with Gasteiger partial charge in [-0.1, -0.05) is 6.07 Å². The van der Waals surface area contributed by atoms with Crippen LogP contribution in [0.1, 0.15) is 22.5 Å². The van der Waals surface area contributed by atoms with E-state index in [2.05, 4.69) is 0 Å². The Hall–Kier alpha value is -1.40. The third-order valence-corrected chi connectivity index (χ3v) is 4.13. The van der Waals surface area contributed by atoms with E-state index in [0.29, 0.717) is 30.8 Å². The lowest BCUT2D eigenvalue weighted by molar-refractivity contribution is -0.133. The maximum absolute atomic E-state index is 12.0. The van der Waals surface area contributed by atoms with Crippen molar-refractivity contribution >= 4 is 23.2 Å². The molecule has 2 rings (SSSR count). The summed E-state index contributed by atoms with van der Waals surface area (Å²) in [6.07, 6.45) is 0.942. The number of likely N-dealkylation sites (tertiary alicyclic amines) is 1. The van der Waals surface area contributed by atoms with Gasteiger partial charge in [0.15, 0.2) is 0 Å². The highest BCUT2D eigenvalue weighted by Crippen LogP contribution is 2.13. The summed E-state index contributed by atoms with van der Waals surface area (Å²) in [5, 5.41) is 11.2. The summed E-state index contributed by atoms with van der Waals surface area (Å²) < 4.78 is 0. The summed E-state index contributed by atoms with van der Waals surface area (Å²) >= 11 is 1.37. The highest BCUT2D eigenvalue weighted by atomic mass is 32.1. The van der Waals surface area contributed by atoms with Crippen molar-refractivity contribution in [3.8, 4) is 0 Å². The molecule has 104 valence electrons. The van der Waals surface area contributed by atoms with E-state index in [0.717, 1.165) is 0 Å². The second-order valence-corrected chi connectivity index (χ2v) is 5.70. The van der Waals surface area contributed by atoms with E-state index in [1.54, 1.807) is 18.0 Å². The number of carbonyl (C=O) groups is 2. The Labute approximate surface area is 116 Å². The van der Waals surface area contributed by atoms with Crippen molar-refractivity contribution in [2.45, 2.75) is 18.9 Å². The fourth-order valence-electron chi connectivity index (χ4n) is 2.08. The van der Waals surface area contributed by atoms with Gasteiger partial charge in [-0.2, -0.15) is 0 Å².